The van der Waals surface area contributed by atoms with Gasteiger partial charge < -0.3 is 15.5 Å². The van der Waals surface area contributed by atoms with Gasteiger partial charge in [-0.15, -0.1) is 0 Å². The quantitative estimate of drug-likeness (QED) is 0.584. The summed E-state index contributed by atoms with van der Waals surface area (Å²) in [5.41, 5.74) is 2.12. The molecule has 0 atom stereocenters. The van der Waals surface area contributed by atoms with Gasteiger partial charge in [0.15, 0.2) is 0 Å². The monoisotopic (exact) mass is 400 g/mol. The molecular formula is C21H28N4O4. The average Bonchev–Trinajstić information content (AvgIpc) is 3.20. The molecule has 2 fully saturated rings. The Kier molecular flexibility index (Phi) is 5.69. The van der Waals surface area contributed by atoms with Gasteiger partial charge in [-0.1, -0.05) is 12.8 Å². The van der Waals surface area contributed by atoms with Crippen molar-refractivity contribution in [3.63, 3.8) is 0 Å². The van der Waals surface area contributed by atoms with Gasteiger partial charge in [0.2, 0.25) is 11.8 Å². The van der Waals surface area contributed by atoms with Gasteiger partial charge in [0.1, 0.15) is 5.69 Å². The molecule has 0 radical (unpaired) electrons. The molecular weight excluding hydrogens is 372 g/mol. The number of amides is 2. The molecule has 8 nitrogen and oxygen atoms in total. The Hall–Kier alpha value is -2.64. The maximum atomic E-state index is 12.3. The van der Waals surface area contributed by atoms with Crippen LogP contribution in [0.5, 0.6) is 0 Å². The number of nitrogens with zero attached hydrogens (tertiary/aromatic N) is 2. The van der Waals surface area contributed by atoms with Crippen molar-refractivity contribution < 1.29 is 14.5 Å². The third-order valence-electron chi connectivity index (χ3n) is 6.44. The highest BCUT2D eigenvalue weighted by Crippen LogP contribution is 2.37. The van der Waals surface area contributed by atoms with Crippen LogP contribution in [0, 0.1) is 16.0 Å². The molecule has 0 aromatic heterocycles. The second-order valence-electron chi connectivity index (χ2n) is 8.49. The number of hydrogen-bond donors (Lipinski definition) is 2. The summed E-state index contributed by atoms with van der Waals surface area (Å²) in [6.45, 7) is 1.28. The number of benzene rings is 1. The van der Waals surface area contributed by atoms with Gasteiger partial charge in [0.25, 0.3) is 5.69 Å². The highest BCUT2D eigenvalue weighted by atomic mass is 16.6. The van der Waals surface area contributed by atoms with Crippen LogP contribution in [-0.4, -0.2) is 35.9 Å². The Morgan fingerprint density at radius 2 is 1.90 bits per heavy atom. The summed E-state index contributed by atoms with van der Waals surface area (Å²) in [5.74, 6) is 0.613. The lowest BCUT2D eigenvalue weighted by Gasteiger charge is -2.34. The number of hydrogen-bond acceptors (Lipinski definition) is 5. The Balaban J connectivity index is 1.40. The number of rotatable bonds is 5. The lowest BCUT2D eigenvalue weighted by Crippen LogP contribution is -2.45. The Bertz CT molecular complexity index is 811. The fourth-order valence-corrected chi connectivity index (χ4v) is 4.83. The number of piperidine rings is 1. The number of nitro benzene ring substituents is 1. The second-order valence-corrected chi connectivity index (χ2v) is 8.49. The molecule has 156 valence electrons. The number of anilines is 2. The van der Waals surface area contributed by atoms with Gasteiger partial charge in [0.05, 0.1) is 4.92 Å². The zero-order valence-electron chi connectivity index (χ0n) is 16.6. The highest BCUT2D eigenvalue weighted by molar-refractivity contribution is 5.95. The van der Waals surface area contributed by atoms with Crippen molar-refractivity contribution in [2.45, 2.75) is 63.8 Å². The first-order chi connectivity index (χ1) is 14.0. The van der Waals surface area contributed by atoms with E-state index in [1.165, 1.54) is 12.8 Å². The minimum atomic E-state index is -0.346. The molecule has 2 aliphatic heterocycles. The van der Waals surface area contributed by atoms with Crippen LogP contribution in [0.4, 0.5) is 17.1 Å². The van der Waals surface area contributed by atoms with E-state index in [0.29, 0.717) is 49.6 Å². The zero-order chi connectivity index (χ0) is 20.4. The van der Waals surface area contributed by atoms with Gasteiger partial charge in [-0.2, -0.15) is 0 Å². The smallest absolute Gasteiger partial charge is 0.292 e. The maximum absolute atomic E-state index is 12.3. The van der Waals surface area contributed by atoms with Crippen LogP contribution in [0.15, 0.2) is 12.1 Å². The zero-order valence-corrected chi connectivity index (χ0v) is 16.6. The molecule has 4 rings (SSSR count). The molecule has 1 aromatic carbocycles. The van der Waals surface area contributed by atoms with Crippen molar-refractivity contribution >= 4 is 28.9 Å². The van der Waals surface area contributed by atoms with E-state index >= 15 is 0 Å². The number of nitro groups is 1. The normalized spacial score (nSPS) is 20.3. The van der Waals surface area contributed by atoms with Crippen molar-refractivity contribution in [2.24, 2.45) is 5.92 Å². The standard InChI is InChI=1S/C21H28N4O4/c26-20-6-5-15-12-19(25(28)29)18(13-17(15)23-20)24-9-7-16(8-10-24)22-21(27)11-14-3-1-2-4-14/h12-14,16H,1-11H2,(H,22,27)(H,23,26). The van der Waals surface area contributed by atoms with Gasteiger partial charge in [0, 0.05) is 43.7 Å². The minimum absolute atomic E-state index is 0.0546. The van der Waals surface area contributed by atoms with Crippen molar-refractivity contribution in [1.29, 1.82) is 0 Å². The molecule has 2 amide bonds. The molecule has 3 aliphatic rings. The van der Waals surface area contributed by atoms with E-state index in [1.807, 2.05) is 4.90 Å². The molecule has 1 saturated heterocycles. The first kappa shape index (κ1) is 19.7. The van der Waals surface area contributed by atoms with Crippen molar-refractivity contribution in [2.75, 3.05) is 23.3 Å². The molecule has 0 bridgehead atoms. The predicted molar refractivity (Wildman–Crippen MR) is 110 cm³/mol. The van der Waals surface area contributed by atoms with Crippen LogP contribution in [-0.2, 0) is 16.0 Å². The molecule has 1 aliphatic carbocycles. The Labute approximate surface area is 170 Å². The number of fused-ring (bicyclic) bond motifs is 1. The number of carbonyl (C=O) groups is 2. The topological polar surface area (TPSA) is 105 Å². The Morgan fingerprint density at radius 3 is 2.59 bits per heavy atom. The van der Waals surface area contributed by atoms with Crippen LogP contribution in [0.2, 0.25) is 0 Å². The van der Waals surface area contributed by atoms with Crippen LogP contribution < -0.4 is 15.5 Å². The molecule has 1 saturated carbocycles. The van der Waals surface area contributed by atoms with E-state index in [-0.39, 0.29) is 28.5 Å². The molecule has 2 N–H and O–H groups in total. The number of nitrogens with one attached hydrogen (secondary N) is 2. The average molecular weight is 400 g/mol. The van der Waals surface area contributed by atoms with E-state index in [2.05, 4.69) is 10.6 Å². The van der Waals surface area contributed by atoms with E-state index in [4.69, 9.17) is 0 Å². The van der Waals surface area contributed by atoms with Crippen LogP contribution in [0.25, 0.3) is 0 Å². The van der Waals surface area contributed by atoms with E-state index in [1.54, 1.807) is 12.1 Å². The largest absolute Gasteiger partial charge is 0.366 e. The predicted octanol–water partition coefficient (Wildman–Crippen LogP) is 3.14. The summed E-state index contributed by atoms with van der Waals surface area (Å²) in [7, 11) is 0. The fourth-order valence-electron chi connectivity index (χ4n) is 4.83. The summed E-state index contributed by atoms with van der Waals surface area (Å²) in [5, 5.41) is 17.6. The first-order valence-electron chi connectivity index (χ1n) is 10.6. The highest BCUT2D eigenvalue weighted by Gasteiger charge is 2.29. The van der Waals surface area contributed by atoms with Gasteiger partial charge >= 0.3 is 0 Å². The third kappa shape index (κ3) is 4.52. The summed E-state index contributed by atoms with van der Waals surface area (Å²) in [4.78, 5) is 37.3. The van der Waals surface area contributed by atoms with Gasteiger partial charge in [-0.05, 0) is 49.7 Å². The fraction of sp³-hybridized carbons (Fsp3) is 0.619. The van der Waals surface area contributed by atoms with Crippen molar-refractivity contribution in [3.05, 3.63) is 27.8 Å². The van der Waals surface area contributed by atoms with Gasteiger partial charge in [-0.25, -0.2) is 0 Å². The second kappa shape index (κ2) is 8.39. The van der Waals surface area contributed by atoms with Crippen molar-refractivity contribution in [1.82, 2.24) is 5.32 Å². The lowest BCUT2D eigenvalue weighted by molar-refractivity contribution is -0.384. The molecule has 8 heteroatoms. The summed E-state index contributed by atoms with van der Waals surface area (Å²) >= 11 is 0. The number of carbonyl (C=O) groups excluding carboxylic acids is 2. The van der Waals surface area contributed by atoms with E-state index < -0.39 is 0 Å². The van der Waals surface area contributed by atoms with Crippen LogP contribution in [0.1, 0.15) is 56.9 Å². The molecule has 0 unspecified atom stereocenters. The third-order valence-corrected chi connectivity index (χ3v) is 6.44. The van der Waals surface area contributed by atoms with Crippen molar-refractivity contribution in [3.8, 4) is 0 Å². The summed E-state index contributed by atoms with van der Waals surface area (Å²) in [6.07, 6.45) is 7.80. The lowest BCUT2D eigenvalue weighted by atomic mass is 9.98. The summed E-state index contributed by atoms with van der Waals surface area (Å²) < 4.78 is 0. The molecule has 29 heavy (non-hydrogen) atoms. The SMILES string of the molecule is O=C1CCc2cc([N+](=O)[O-])c(N3CCC(NC(=O)CC4CCCC4)CC3)cc2N1. The van der Waals surface area contributed by atoms with E-state index in [0.717, 1.165) is 31.2 Å². The Morgan fingerprint density at radius 1 is 1.17 bits per heavy atom. The maximum Gasteiger partial charge on any atom is 0.292 e. The van der Waals surface area contributed by atoms with Crippen LogP contribution in [0.3, 0.4) is 0 Å². The molecule has 2 heterocycles. The summed E-state index contributed by atoms with van der Waals surface area (Å²) in [6, 6.07) is 3.46. The molecule has 1 aromatic rings. The van der Waals surface area contributed by atoms with Crippen LogP contribution >= 0.6 is 0 Å². The van der Waals surface area contributed by atoms with E-state index in [9.17, 15) is 19.7 Å². The molecule has 0 spiro atoms. The first-order valence-corrected chi connectivity index (χ1v) is 10.6. The van der Waals surface area contributed by atoms with Gasteiger partial charge in [-0.3, -0.25) is 19.7 Å². The number of aryl methyl sites for hydroxylation is 1. The minimum Gasteiger partial charge on any atom is -0.366 e.